The Morgan fingerprint density at radius 1 is 0.844 bits per heavy atom. The van der Waals surface area contributed by atoms with Crippen molar-refractivity contribution in [3.05, 3.63) is 41.8 Å². The van der Waals surface area contributed by atoms with Gasteiger partial charge in [-0.15, -0.1) is 11.3 Å². The van der Waals surface area contributed by atoms with Gasteiger partial charge in [0.25, 0.3) is 10.0 Å². The summed E-state index contributed by atoms with van der Waals surface area (Å²) < 4.78 is 53.6. The SMILES string of the molecule is O=C(CN1CCN(S(=O)(=O)c2cccs2)CC1)Nc1ccc(S(=O)(=O)N2CCCC2)cc1. The number of hydrogen-bond acceptors (Lipinski definition) is 7. The van der Waals surface area contributed by atoms with Crippen LogP contribution in [0.2, 0.25) is 0 Å². The van der Waals surface area contributed by atoms with Crippen molar-refractivity contribution in [2.24, 2.45) is 0 Å². The lowest BCUT2D eigenvalue weighted by Crippen LogP contribution is -2.50. The van der Waals surface area contributed by atoms with Gasteiger partial charge in [-0.2, -0.15) is 8.61 Å². The highest BCUT2D eigenvalue weighted by atomic mass is 32.2. The molecule has 1 N–H and O–H groups in total. The Labute approximate surface area is 192 Å². The number of anilines is 1. The third kappa shape index (κ3) is 5.05. The molecule has 0 radical (unpaired) electrons. The molecule has 2 aliphatic heterocycles. The first kappa shape index (κ1) is 23.3. The monoisotopic (exact) mass is 498 g/mol. The summed E-state index contributed by atoms with van der Waals surface area (Å²) in [6, 6.07) is 9.52. The molecule has 3 heterocycles. The number of nitrogens with one attached hydrogen (secondary N) is 1. The highest BCUT2D eigenvalue weighted by molar-refractivity contribution is 7.91. The van der Waals surface area contributed by atoms with Gasteiger partial charge in [0.05, 0.1) is 11.4 Å². The zero-order valence-corrected chi connectivity index (χ0v) is 20.0. The number of rotatable bonds is 7. The Kier molecular flexibility index (Phi) is 6.98. The quantitative estimate of drug-likeness (QED) is 0.620. The van der Waals surface area contributed by atoms with Crippen molar-refractivity contribution < 1.29 is 21.6 Å². The summed E-state index contributed by atoms with van der Waals surface area (Å²) in [6.07, 6.45) is 1.75. The minimum absolute atomic E-state index is 0.140. The van der Waals surface area contributed by atoms with Crippen molar-refractivity contribution in [2.45, 2.75) is 21.9 Å². The fourth-order valence-corrected chi connectivity index (χ4v) is 7.94. The Bertz CT molecular complexity index is 1130. The van der Waals surface area contributed by atoms with E-state index in [1.165, 1.54) is 32.1 Å². The van der Waals surface area contributed by atoms with Crippen molar-refractivity contribution in [1.82, 2.24) is 13.5 Å². The van der Waals surface area contributed by atoms with Crippen molar-refractivity contribution in [3.8, 4) is 0 Å². The molecular formula is C20H26N4O5S3. The van der Waals surface area contributed by atoms with E-state index in [1.807, 2.05) is 4.90 Å². The maximum Gasteiger partial charge on any atom is 0.252 e. The summed E-state index contributed by atoms with van der Waals surface area (Å²) in [7, 11) is -6.95. The van der Waals surface area contributed by atoms with Crippen LogP contribution < -0.4 is 5.32 Å². The van der Waals surface area contributed by atoms with Gasteiger partial charge in [-0.05, 0) is 48.6 Å². The third-order valence-corrected chi connectivity index (χ3v) is 10.8. The number of hydrogen-bond donors (Lipinski definition) is 1. The van der Waals surface area contributed by atoms with Crippen LogP contribution in [0, 0.1) is 0 Å². The van der Waals surface area contributed by atoms with Gasteiger partial charge in [-0.3, -0.25) is 9.69 Å². The average Bonchev–Trinajstić information content (AvgIpc) is 3.49. The van der Waals surface area contributed by atoms with Gasteiger partial charge >= 0.3 is 0 Å². The van der Waals surface area contributed by atoms with E-state index in [4.69, 9.17) is 0 Å². The largest absolute Gasteiger partial charge is 0.325 e. The number of sulfonamides is 2. The molecule has 1 aromatic carbocycles. The van der Waals surface area contributed by atoms with E-state index < -0.39 is 20.0 Å². The molecular weight excluding hydrogens is 472 g/mol. The first-order valence-corrected chi connectivity index (χ1v) is 14.2. The van der Waals surface area contributed by atoms with Crippen molar-refractivity contribution >= 4 is 43.0 Å². The fourth-order valence-electron chi connectivity index (χ4n) is 3.86. The maximum absolute atomic E-state index is 12.6. The molecule has 9 nitrogen and oxygen atoms in total. The Morgan fingerprint density at radius 2 is 1.47 bits per heavy atom. The van der Waals surface area contributed by atoms with Crippen LogP contribution in [-0.2, 0) is 24.8 Å². The lowest BCUT2D eigenvalue weighted by atomic mass is 10.3. The lowest BCUT2D eigenvalue weighted by molar-refractivity contribution is -0.117. The molecule has 0 atom stereocenters. The van der Waals surface area contributed by atoms with Gasteiger partial charge in [-0.25, -0.2) is 16.8 Å². The van der Waals surface area contributed by atoms with E-state index in [9.17, 15) is 21.6 Å². The van der Waals surface area contributed by atoms with E-state index in [-0.39, 0.29) is 17.3 Å². The molecule has 174 valence electrons. The lowest BCUT2D eigenvalue weighted by Gasteiger charge is -2.33. The van der Waals surface area contributed by atoms with E-state index in [1.54, 1.807) is 29.6 Å². The summed E-state index contributed by atoms with van der Waals surface area (Å²) in [5.74, 6) is -0.227. The standard InChI is InChI=1S/C20H26N4O5S3/c25-19(16-22-11-13-24(14-12-22)32(28,29)20-4-3-15-30-20)21-17-5-7-18(8-6-17)31(26,27)23-9-1-2-10-23/h3-8,15H,1-2,9-14,16H2,(H,21,25). The molecule has 2 aliphatic rings. The summed E-state index contributed by atoms with van der Waals surface area (Å²) >= 11 is 1.20. The van der Waals surface area contributed by atoms with Crippen molar-refractivity contribution in [2.75, 3.05) is 51.1 Å². The third-order valence-electron chi connectivity index (χ3n) is 5.63. The highest BCUT2D eigenvalue weighted by Crippen LogP contribution is 2.23. The van der Waals surface area contributed by atoms with Crippen molar-refractivity contribution in [3.63, 3.8) is 0 Å². The molecule has 2 fully saturated rings. The van der Waals surface area contributed by atoms with E-state index in [0.717, 1.165) is 12.8 Å². The smallest absolute Gasteiger partial charge is 0.252 e. The minimum Gasteiger partial charge on any atom is -0.325 e. The number of nitrogens with zero attached hydrogens (tertiary/aromatic N) is 3. The van der Waals surface area contributed by atoms with Gasteiger partial charge in [0.15, 0.2) is 0 Å². The molecule has 1 aromatic heterocycles. The van der Waals surface area contributed by atoms with Gasteiger partial charge < -0.3 is 5.32 Å². The van der Waals surface area contributed by atoms with Gasteiger partial charge in [0.2, 0.25) is 15.9 Å². The van der Waals surface area contributed by atoms with Crippen LogP contribution in [0.1, 0.15) is 12.8 Å². The normalized spacial score (nSPS) is 19.2. The zero-order chi connectivity index (χ0) is 22.8. The van der Waals surface area contributed by atoms with E-state index in [2.05, 4.69) is 5.32 Å². The summed E-state index contributed by atoms with van der Waals surface area (Å²) in [4.78, 5) is 14.6. The average molecular weight is 499 g/mol. The van der Waals surface area contributed by atoms with Crippen LogP contribution in [0.3, 0.4) is 0 Å². The summed E-state index contributed by atoms with van der Waals surface area (Å²) in [6.45, 7) is 2.81. The Balaban J connectivity index is 1.28. The van der Waals surface area contributed by atoms with Gasteiger partial charge in [-0.1, -0.05) is 6.07 Å². The summed E-state index contributed by atoms with van der Waals surface area (Å²) in [5.41, 5.74) is 0.522. The highest BCUT2D eigenvalue weighted by Gasteiger charge is 2.30. The fraction of sp³-hybridized carbons (Fsp3) is 0.450. The predicted molar refractivity (Wildman–Crippen MR) is 123 cm³/mol. The first-order chi connectivity index (χ1) is 15.3. The van der Waals surface area contributed by atoms with E-state index in [0.29, 0.717) is 49.2 Å². The van der Waals surface area contributed by atoms with Crippen LogP contribution in [0.5, 0.6) is 0 Å². The molecule has 0 aliphatic carbocycles. The molecule has 2 aromatic rings. The molecule has 32 heavy (non-hydrogen) atoms. The zero-order valence-electron chi connectivity index (χ0n) is 17.5. The number of amides is 1. The predicted octanol–water partition coefficient (Wildman–Crippen LogP) is 1.48. The molecule has 0 bridgehead atoms. The molecule has 12 heteroatoms. The first-order valence-electron chi connectivity index (χ1n) is 10.4. The Morgan fingerprint density at radius 3 is 2.06 bits per heavy atom. The molecule has 0 saturated carbocycles. The second kappa shape index (κ2) is 9.57. The molecule has 0 spiro atoms. The number of benzene rings is 1. The second-order valence-corrected chi connectivity index (χ2v) is 12.8. The van der Waals surface area contributed by atoms with Crippen molar-refractivity contribution in [1.29, 1.82) is 0 Å². The summed E-state index contributed by atoms with van der Waals surface area (Å²) in [5, 5.41) is 4.52. The maximum atomic E-state index is 12.6. The van der Waals surface area contributed by atoms with Crippen LogP contribution >= 0.6 is 11.3 Å². The molecule has 4 rings (SSSR count). The van der Waals surface area contributed by atoms with Crippen LogP contribution in [0.4, 0.5) is 5.69 Å². The number of thiophene rings is 1. The number of carbonyl (C=O) groups excluding carboxylic acids is 1. The van der Waals surface area contributed by atoms with E-state index >= 15 is 0 Å². The number of carbonyl (C=O) groups is 1. The minimum atomic E-state index is -3.48. The van der Waals surface area contributed by atoms with Crippen LogP contribution in [0.15, 0.2) is 50.9 Å². The molecule has 2 saturated heterocycles. The molecule has 0 unspecified atom stereocenters. The van der Waals surface area contributed by atoms with Gasteiger partial charge in [0.1, 0.15) is 4.21 Å². The number of piperazine rings is 1. The molecule has 1 amide bonds. The van der Waals surface area contributed by atoms with Gasteiger partial charge in [0, 0.05) is 45.0 Å². The van der Waals surface area contributed by atoms with Crippen LogP contribution in [-0.4, -0.2) is 82.1 Å². The topological polar surface area (TPSA) is 107 Å². The Hall–Kier alpha value is -1.83. The van der Waals surface area contributed by atoms with Crippen LogP contribution in [0.25, 0.3) is 0 Å². The second-order valence-electron chi connectivity index (χ2n) is 7.80.